The number of nitrogens with two attached hydrogens (primary N) is 1. The molecular weight excluding hydrogens is 263 g/mol. The van der Waals surface area contributed by atoms with Crippen LogP contribution in [-0.2, 0) is 6.54 Å². The molecule has 14 heavy (non-hydrogen) atoms. The van der Waals surface area contributed by atoms with E-state index in [2.05, 4.69) is 27.0 Å². The molecule has 4 heteroatoms. The van der Waals surface area contributed by atoms with Gasteiger partial charge in [-0.1, -0.05) is 22.0 Å². The lowest BCUT2D eigenvalue weighted by Gasteiger charge is -2.00. The highest BCUT2D eigenvalue weighted by Gasteiger charge is 1.96. The first-order chi connectivity index (χ1) is 6.29. The topological polar surface area (TPSA) is 38.9 Å². The van der Waals surface area contributed by atoms with Gasteiger partial charge in [0.05, 0.1) is 5.69 Å². The predicted molar refractivity (Wildman–Crippen MR) is 64.6 cm³/mol. The Morgan fingerprint density at radius 2 is 2.00 bits per heavy atom. The Morgan fingerprint density at radius 3 is 2.71 bits per heavy atom. The normalized spacial score (nSPS) is 9.86. The van der Waals surface area contributed by atoms with Crippen LogP contribution in [0.25, 0.3) is 10.8 Å². The molecular formula is C10H10BrClN2. The lowest BCUT2D eigenvalue weighted by atomic mass is 10.1. The molecule has 2 N–H and O–H groups in total. The maximum absolute atomic E-state index is 5.50. The molecule has 2 rings (SSSR count). The molecule has 0 fully saturated rings. The van der Waals surface area contributed by atoms with E-state index in [0.29, 0.717) is 6.54 Å². The number of halogens is 2. The first kappa shape index (κ1) is 11.4. The molecule has 2 nitrogen and oxygen atoms in total. The number of benzene rings is 1. The summed E-state index contributed by atoms with van der Waals surface area (Å²) in [6.07, 6.45) is 1.85. The van der Waals surface area contributed by atoms with Gasteiger partial charge in [0.25, 0.3) is 0 Å². The van der Waals surface area contributed by atoms with Crippen molar-refractivity contribution in [2.45, 2.75) is 6.54 Å². The minimum atomic E-state index is 0. The van der Waals surface area contributed by atoms with E-state index in [-0.39, 0.29) is 12.4 Å². The second-order valence-electron chi connectivity index (χ2n) is 2.87. The van der Waals surface area contributed by atoms with E-state index in [1.54, 1.807) is 0 Å². The van der Waals surface area contributed by atoms with E-state index in [1.165, 1.54) is 5.39 Å². The van der Waals surface area contributed by atoms with Crippen LogP contribution in [0.5, 0.6) is 0 Å². The van der Waals surface area contributed by atoms with E-state index in [0.717, 1.165) is 15.6 Å². The van der Waals surface area contributed by atoms with Gasteiger partial charge in [0.2, 0.25) is 0 Å². The van der Waals surface area contributed by atoms with Crippen LogP contribution in [-0.4, -0.2) is 4.98 Å². The van der Waals surface area contributed by atoms with Gasteiger partial charge in [0.1, 0.15) is 0 Å². The Labute approximate surface area is 97.1 Å². The first-order valence-corrected chi connectivity index (χ1v) is 4.83. The highest BCUT2D eigenvalue weighted by molar-refractivity contribution is 9.10. The molecule has 1 aromatic heterocycles. The van der Waals surface area contributed by atoms with Crippen LogP contribution in [0, 0.1) is 0 Å². The fourth-order valence-electron chi connectivity index (χ4n) is 1.27. The third kappa shape index (κ3) is 2.23. The molecule has 0 unspecified atom stereocenters. The van der Waals surface area contributed by atoms with Crippen LogP contribution < -0.4 is 5.73 Å². The fraction of sp³-hybridized carbons (Fsp3) is 0.100. The zero-order chi connectivity index (χ0) is 9.26. The Bertz CT molecular complexity index is 445. The van der Waals surface area contributed by atoms with Crippen LogP contribution in [0.4, 0.5) is 0 Å². The van der Waals surface area contributed by atoms with Gasteiger partial charge in [-0.3, -0.25) is 4.98 Å². The van der Waals surface area contributed by atoms with Crippen molar-refractivity contribution in [1.29, 1.82) is 0 Å². The van der Waals surface area contributed by atoms with Gasteiger partial charge >= 0.3 is 0 Å². The monoisotopic (exact) mass is 272 g/mol. The zero-order valence-corrected chi connectivity index (χ0v) is 9.81. The van der Waals surface area contributed by atoms with Crippen LogP contribution >= 0.6 is 28.3 Å². The van der Waals surface area contributed by atoms with Crippen LogP contribution in [0.2, 0.25) is 0 Å². The standard InChI is InChI=1S/C10H9BrN2.ClH/c11-9-2-1-7-4-10(5-12)13-6-8(7)3-9;/h1-4,6H,5,12H2;1H. The van der Waals surface area contributed by atoms with Gasteiger partial charge < -0.3 is 5.73 Å². The van der Waals surface area contributed by atoms with Crippen LogP contribution in [0.1, 0.15) is 5.69 Å². The van der Waals surface area contributed by atoms with Gasteiger partial charge in [-0.25, -0.2) is 0 Å². The number of nitrogens with zero attached hydrogens (tertiary/aromatic N) is 1. The first-order valence-electron chi connectivity index (χ1n) is 4.04. The van der Waals surface area contributed by atoms with E-state index in [4.69, 9.17) is 5.73 Å². The van der Waals surface area contributed by atoms with Gasteiger partial charge in [-0.15, -0.1) is 12.4 Å². The Morgan fingerprint density at radius 1 is 1.21 bits per heavy atom. The van der Waals surface area contributed by atoms with Crippen molar-refractivity contribution in [2.24, 2.45) is 5.73 Å². The quantitative estimate of drug-likeness (QED) is 0.868. The Hall–Kier alpha value is -0.640. The van der Waals surface area contributed by atoms with E-state index < -0.39 is 0 Å². The van der Waals surface area contributed by atoms with Crippen molar-refractivity contribution in [2.75, 3.05) is 0 Å². The molecule has 0 aliphatic carbocycles. The van der Waals surface area contributed by atoms with Gasteiger partial charge in [-0.05, 0) is 23.6 Å². The predicted octanol–water partition coefficient (Wildman–Crippen LogP) is 2.88. The second kappa shape index (κ2) is 4.73. The summed E-state index contributed by atoms with van der Waals surface area (Å²) in [7, 11) is 0. The number of aromatic nitrogens is 1. The van der Waals surface area contributed by atoms with Gasteiger partial charge in [0.15, 0.2) is 0 Å². The third-order valence-corrected chi connectivity index (χ3v) is 2.44. The van der Waals surface area contributed by atoms with Crippen molar-refractivity contribution in [3.8, 4) is 0 Å². The summed E-state index contributed by atoms with van der Waals surface area (Å²) in [4.78, 5) is 4.22. The minimum Gasteiger partial charge on any atom is -0.325 e. The molecule has 0 bridgehead atoms. The molecule has 0 radical (unpaired) electrons. The number of fused-ring (bicyclic) bond motifs is 1. The second-order valence-corrected chi connectivity index (χ2v) is 3.79. The Balaban J connectivity index is 0.000000980. The maximum atomic E-state index is 5.50. The molecule has 0 atom stereocenters. The average Bonchev–Trinajstić information content (AvgIpc) is 2.17. The molecule has 0 aliphatic heterocycles. The summed E-state index contributed by atoms with van der Waals surface area (Å²) >= 11 is 3.42. The van der Waals surface area contributed by atoms with Gasteiger partial charge in [-0.2, -0.15) is 0 Å². The molecule has 1 aromatic carbocycles. The van der Waals surface area contributed by atoms with Crippen molar-refractivity contribution < 1.29 is 0 Å². The average molecular weight is 274 g/mol. The molecule has 1 heterocycles. The third-order valence-electron chi connectivity index (χ3n) is 1.95. The van der Waals surface area contributed by atoms with Crippen molar-refractivity contribution in [3.63, 3.8) is 0 Å². The number of hydrogen-bond acceptors (Lipinski definition) is 2. The highest BCUT2D eigenvalue weighted by Crippen LogP contribution is 2.19. The molecule has 0 aliphatic rings. The maximum Gasteiger partial charge on any atom is 0.0545 e. The summed E-state index contributed by atoms with van der Waals surface area (Å²) in [5.74, 6) is 0. The largest absolute Gasteiger partial charge is 0.325 e. The van der Waals surface area contributed by atoms with Crippen molar-refractivity contribution in [3.05, 3.63) is 40.6 Å². The highest BCUT2D eigenvalue weighted by atomic mass is 79.9. The SMILES string of the molecule is Cl.NCc1cc2ccc(Br)cc2cn1. The lowest BCUT2D eigenvalue weighted by molar-refractivity contribution is 0.998. The van der Waals surface area contributed by atoms with E-state index >= 15 is 0 Å². The zero-order valence-electron chi connectivity index (χ0n) is 7.40. The smallest absolute Gasteiger partial charge is 0.0545 e. The summed E-state index contributed by atoms with van der Waals surface area (Å²) < 4.78 is 1.07. The van der Waals surface area contributed by atoms with Crippen molar-refractivity contribution in [1.82, 2.24) is 4.98 Å². The molecule has 0 spiro atoms. The summed E-state index contributed by atoms with van der Waals surface area (Å²) in [5.41, 5.74) is 6.42. The molecule has 2 aromatic rings. The van der Waals surface area contributed by atoms with E-state index in [1.807, 2.05) is 24.4 Å². The molecule has 74 valence electrons. The summed E-state index contributed by atoms with van der Waals surface area (Å²) in [6.45, 7) is 0.492. The molecule has 0 amide bonds. The van der Waals surface area contributed by atoms with Crippen LogP contribution in [0.15, 0.2) is 34.9 Å². The Kier molecular flexibility index (Phi) is 3.86. The van der Waals surface area contributed by atoms with Crippen LogP contribution in [0.3, 0.4) is 0 Å². The van der Waals surface area contributed by atoms with Gasteiger partial charge in [0, 0.05) is 22.6 Å². The van der Waals surface area contributed by atoms with Crippen molar-refractivity contribution >= 4 is 39.1 Å². The lowest BCUT2D eigenvalue weighted by Crippen LogP contribution is -1.98. The summed E-state index contributed by atoms with van der Waals surface area (Å²) in [5, 5.41) is 2.31. The number of rotatable bonds is 1. The fourth-order valence-corrected chi connectivity index (χ4v) is 1.65. The minimum absolute atomic E-state index is 0. The molecule has 0 saturated carbocycles. The number of hydrogen-bond donors (Lipinski definition) is 1. The summed E-state index contributed by atoms with van der Waals surface area (Å²) in [6, 6.07) is 8.13. The molecule has 0 saturated heterocycles. The van der Waals surface area contributed by atoms with E-state index in [9.17, 15) is 0 Å². The number of pyridine rings is 1.